The third-order valence-electron chi connectivity index (χ3n) is 5.50. The number of hydrogen-bond donors (Lipinski definition) is 1. The van der Waals surface area contributed by atoms with Crippen LogP contribution in [-0.2, 0) is 6.54 Å². The lowest BCUT2D eigenvalue weighted by molar-refractivity contribution is 0.0731. The van der Waals surface area contributed by atoms with Gasteiger partial charge in [-0.05, 0) is 44.7 Å². The molecule has 2 heterocycles. The number of rotatable bonds is 5. The molecular formula is C19H27N3O2. The molecule has 2 N–H and O–H groups in total. The second-order valence-corrected chi connectivity index (χ2v) is 7.15. The van der Waals surface area contributed by atoms with Gasteiger partial charge in [-0.2, -0.15) is 0 Å². The van der Waals surface area contributed by atoms with Gasteiger partial charge in [0.15, 0.2) is 0 Å². The van der Waals surface area contributed by atoms with E-state index in [1.807, 2.05) is 11.0 Å². The third-order valence-corrected chi connectivity index (χ3v) is 5.50. The monoisotopic (exact) mass is 329 g/mol. The Morgan fingerprint density at radius 1 is 1.21 bits per heavy atom. The lowest BCUT2D eigenvalue weighted by atomic mass is 9.97. The summed E-state index contributed by atoms with van der Waals surface area (Å²) in [7, 11) is 0. The van der Waals surface area contributed by atoms with Crippen LogP contribution in [0.1, 0.15) is 65.8 Å². The van der Waals surface area contributed by atoms with Gasteiger partial charge in [-0.25, -0.2) is 0 Å². The van der Waals surface area contributed by atoms with Crippen molar-refractivity contribution in [3.63, 3.8) is 0 Å². The second kappa shape index (κ2) is 6.93. The van der Waals surface area contributed by atoms with Crippen LogP contribution in [0, 0.1) is 0 Å². The minimum absolute atomic E-state index is 0.0564. The predicted octanol–water partition coefficient (Wildman–Crippen LogP) is 2.39. The first kappa shape index (κ1) is 17.0. The van der Waals surface area contributed by atoms with E-state index in [0.29, 0.717) is 29.8 Å². The number of nitrogens with zero attached hydrogens (tertiary/aromatic N) is 2. The zero-order valence-electron chi connectivity index (χ0n) is 14.6. The highest BCUT2D eigenvalue weighted by atomic mass is 16.2. The maximum absolute atomic E-state index is 12.6. The first-order valence-corrected chi connectivity index (χ1v) is 8.95. The maximum atomic E-state index is 12.6. The van der Waals surface area contributed by atoms with Crippen molar-refractivity contribution in [3.05, 3.63) is 34.9 Å². The average molecular weight is 329 g/mol. The molecule has 2 aliphatic heterocycles. The topological polar surface area (TPSA) is 66.6 Å². The van der Waals surface area contributed by atoms with Gasteiger partial charge in [-0.15, -0.1) is 0 Å². The fraction of sp³-hybridized carbons (Fsp3) is 0.579. The highest BCUT2D eigenvalue weighted by molar-refractivity contribution is 6.09. The van der Waals surface area contributed by atoms with Gasteiger partial charge >= 0.3 is 0 Å². The van der Waals surface area contributed by atoms with Crippen LogP contribution in [0.2, 0.25) is 0 Å². The van der Waals surface area contributed by atoms with Crippen LogP contribution in [0.25, 0.3) is 0 Å². The minimum Gasteiger partial charge on any atom is -0.366 e. The molecule has 24 heavy (non-hydrogen) atoms. The van der Waals surface area contributed by atoms with E-state index in [4.69, 9.17) is 5.73 Å². The van der Waals surface area contributed by atoms with E-state index < -0.39 is 5.91 Å². The molecule has 0 spiro atoms. The Hall–Kier alpha value is -1.88. The fourth-order valence-electron chi connectivity index (χ4n) is 4.17. The standard InChI is InChI=1S/C19H27N3O2/c1-13-6-3-7-14(2)22(13)11-5-10-21-12-15-8-4-9-16(18(20)23)17(15)19(21)24/h4,8-9,13-14H,3,5-7,10-12H2,1-2H3,(H2,20,23). The van der Waals surface area contributed by atoms with Crippen LogP contribution in [0.15, 0.2) is 18.2 Å². The molecule has 0 aromatic heterocycles. The quantitative estimate of drug-likeness (QED) is 0.902. The summed E-state index contributed by atoms with van der Waals surface area (Å²) in [5.41, 5.74) is 7.17. The summed E-state index contributed by atoms with van der Waals surface area (Å²) in [5, 5.41) is 0. The first-order valence-electron chi connectivity index (χ1n) is 8.95. The SMILES string of the molecule is CC1CCCC(C)N1CCCN1Cc2cccc(C(N)=O)c2C1=O. The van der Waals surface area contributed by atoms with Crippen molar-refractivity contribution in [1.82, 2.24) is 9.80 Å². The summed E-state index contributed by atoms with van der Waals surface area (Å²) < 4.78 is 0. The number of carbonyl (C=O) groups excluding carboxylic acids is 2. The molecule has 0 aliphatic carbocycles. The number of fused-ring (bicyclic) bond motifs is 1. The summed E-state index contributed by atoms with van der Waals surface area (Å²) >= 11 is 0. The maximum Gasteiger partial charge on any atom is 0.255 e. The van der Waals surface area contributed by atoms with E-state index >= 15 is 0 Å². The van der Waals surface area contributed by atoms with Crippen molar-refractivity contribution in [3.8, 4) is 0 Å². The van der Waals surface area contributed by atoms with Crippen LogP contribution >= 0.6 is 0 Å². The van der Waals surface area contributed by atoms with E-state index in [9.17, 15) is 9.59 Å². The molecule has 130 valence electrons. The van der Waals surface area contributed by atoms with E-state index in [1.165, 1.54) is 19.3 Å². The molecule has 2 atom stereocenters. The van der Waals surface area contributed by atoms with Crippen molar-refractivity contribution in [2.45, 2.75) is 58.2 Å². The number of amides is 2. The molecule has 5 heteroatoms. The molecule has 0 saturated carbocycles. The molecule has 1 fully saturated rings. The highest BCUT2D eigenvalue weighted by Crippen LogP contribution is 2.27. The summed E-state index contributed by atoms with van der Waals surface area (Å²) in [6.07, 6.45) is 4.80. The molecule has 1 aromatic carbocycles. The number of primary amides is 1. The normalized spacial score (nSPS) is 24.2. The van der Waals surface area contributed by atoms with Gasteiger partial charge in [0.2, 0.25) is 5.91 Å². The number of likely N-dealkylation sites (tertiary alicyclic amines) is 1. The van der Waals surface area contributed by atoms with Gasteiger partial charge in [-0.1, -0.05) is 18.6 Å². The molecule has 3 rings (SSSR count). The van der Waals surface area contributed by atoms with Gasteiger partial charge in [0.05, 0.1) is 11.1 Å². The molecule has 2 unspecified atom stereocenters. The van der Waals surface area contributed by atoms with Gasteiger partial charge < -0.3 is 10.6 Å². The Bertz CT molecular complexity index is 633. The van der Waals surface area contributed by atoms with Crippen molar-refractivity contribution < 1.29 is 9.59 Å². The third kappa shape index (κ3) is 3.18. The van der Waals surface area contributed by atoms with E-state index in [-0.39, 0.29) is 5.91 Å². The Labute approximate surface area is 143 Å². The molecule has 1 saturated heterocycles. The van der Waals surface area contributed by atoms with Crippen LogP contribution < -0.4 is 5.73 Å². The molecule has 5 nitrogen and oxygen atoms in total. The lowest BCUT2D eigenvalue weighted by Crippen LogP contribution is -2.44. The van der Waals surface area contributed by atoms with Gasteiger partial charge in [0, 0.05) is 31.7 Å². The van der Waals surface area contributed by atoms with E-state index in [1.54, 1.807) is 12.1 Å². The zero-order chi connectivity index (χ0) is 17.3. The van der Waals surface area contributed by atoms with E-state index in [0.717, 1.165) is 25.1 Å². The van der Waals surface area contributed by atoms with Crippen molar-refractivity contribution in [2.75, 3.05) is 13.1 Å². The second-order valence-electron chi connectivity index (χ2n) is 7.15. The Morgan fingerprint density at radius 3 is 2.58 bits per heavy atom. The van der Waals surface area contributed by atoms with Crippen LogP contribution in [-0.4, -0.2) is 46.8 Å². The molecule has 0 radical (unpaired) electrons. The van der Waals surface area contributed by atoms with Crippen molar-refractivity contribution >= 4 is 11.8 Å². The molecular weight excluding hydrogens is 302 g/mol. The van der Waals surface area contributed by atoms with Gasteiger partial charge in [-0.3, -0.25) is 14.5 Å². The minimum atomic E-state index is -0.530. The molecule has 2 amide bonds. The van der Waals surface area contributed by atoms with Crippen LogP contribution in [0.4, 0.5) is 0 Å². The molecule has 1 aromatic rings. The molecule has 2 aliphatic rings. The Morgan fingerprint density at radius 2 is 1.92 bits per heavy atom. The van der Waals surface area contributed by atoms with Gasteiger partial charge in [0.1, 0.15) is 0 Å². The largest absolute Gasteiger partial charge is 0.366 e. The van der Waals surface area contributed by atoms with Crippen LogP contribution in [0.5, 0.6) is 0 Å². The first-order chi connectivity index (χ1) is 11.5. The number of nitrogens with two attached hydrogens (primary N) is 1. The summed E-state index contributed by atoms with van der Waals surface area (Å²) in [6.45, 7) is 6.92. The summed E-state index contributed by atoms with van der Waals surface area (Å²) in [6, 6.07) is 6.60. The Kier molecular flexibility index (Phi) is 4.90. The highest BCUT2D eigenvalue weighted by Gasteiger charge is 2.31. The number of hydrogen-bond acceptors (Lipinski definition) is 3. The van der Waals surface area contributed by atoms with Crippen LogP contribution in [0.3, 0.4) is 0 Å². The average Bonchev–Trinajstić information content (AvgIpc) is 2.86. The Balaban J connectivity index is 1.61. The van der Waals surface area contributed by atoms with E-state index in [2.05, 4.69) is 18.7 Å². The summed E-state index contributed by atoms with van der Waals surface area (Å²) in [4.78, 5) is 28.6. The zero-order valence-corrected chi connectivity index (χ0v) is 14.6. The van der Waals surface area contributed by atoms with Gasteiger partial charge in [0.25, 0.3) is 5.91 Å². The predicted molar refractivity (Wildman–Crippen MR) is 93.8 cm³/mol. The fourth-order valence-corrected chi connectivity index (χ4v) is 4.17. The number of piperidine rings is 1. The summed E-state index contributed by atoms with van der Waals surface area (Å²) in [5.74, 6) is -0.586. The smallest absolute Gasteiger partial charge is 0.255 e. The molecule has 0 bridgehead atoms. The number of carbonyl (C=O) groups is 2. The van der Waals surface area contributed by atoms with Crippen molar-refractivity contribution in [2.24, 2.45) is 5.73 Å². The lowest BCUT2D eigenvalue weighted by Gasteiger charge is -2.39. The van der Waals surface area contributed by atoms with Crippen molar-refractivity contribution in [1.29, 1.82) is 0 Å². The number of benzene rings is 1.